The Balaban J connectivity index is 3.84. The van der Waals surface area contributed by atoms with Crippen molar-refractivity contribution in [3.8, 4) is 0 Å². The molecule has 0 saturated heterocycles. The smallest absolute Gasteiger partial charge is 0.309 e. The first kappa shape index (κ1) is 35.7. The zero-order valence-corrected chi connectivity index (χ0v) is 25.2. The standard InChI is InChI=1S/C29H60NO5P/c1-5-7-8-9-10-11-12-13-14-15-16-17-18-19-20-21-23-28(26-29(31)6-2)27-35-36(32,33)34-25-22-24-30(3)4/h28H,5-27H2,1-4H3,(H,32,33). The Hall–Kier alpha value is -0.260. The fourth-order valence-electron chi connectivity index (χ4n) is 4.49. The number of hydrogen-bond donors (Lipinski definition) is 1. The van der Waals surface area contributed by atoms with Crippen LogP contribution < -0.4 is 0 Å². The Bertz CT molecular complexity index is 544. The highest BCUT2D eigenvalue weighted by atomic mass is 31.2. The Kier molecular flexibility index (Phi) is 24.9. The van der Waals surface area contributed by atoms with Crippen molar-refractivity contribution in [1.82, 2.24) is 4.90 Å². The van der Waals surface area contributed by atoms with Crippen LogP contribution in [0.2, 0.25) is 0 Å². The second kappa shape index (κ2) is 25.0. The van der Waals surface area contributed by atoms with E-state index in [4.69, 9.17) is 9.05 Å². The van der Waals surface area contributed by atoms with Crippen molar-refractivity contribution in [2.24, 2.45) is 5.92 Å². The van der Waals surface area contributed by atoms with Crippen LogP contribution in [0, 0.1) is 5.92 Å². The summed E-state index contributed by atoms with van der Waals surface area (Å²) in [5.41, 5.74) is 0. The lowest BCUT2D eigenvalue weighted by molar-refractivity contribution is -0.120. The molecule has 216 valence electrons. The van der Waals surface area contributed by atoms with Gasteiger partial charge in [-0.3, -0.25) is 13.8 Å². The predicted octanol–water partition coefficient (Wildman–Crippen LogP) is 8.71. The molecule has 0 heterocycles. The highest BCUT2D eigenvalue weighted by molar-refractivity contribution is 7.47. The summed E-state index contributed by atoms with van der Waals surface area (Å²) in [6.45, 7) is 5.21. The summed E-state index contributed by atoms with van der Waals surface area (Å²) in [5.74, 6) is 0.162. The molecule has 0 aliphatic rings. The first-order valence-electron chi connectivity index (χ1n) is 15.1. The molecule has 6 nitrogen and oxygen atoms in total. The fourth-order valence-corrected chi connectivity index (χ4v) is 5.32. The van der Waals surface area contributed by atoms with E-state index < -0.39 is 7.82 Å². The highest BCUT2D eigenvalue weighted by Crippen LogP contribution is 2.44. The van der Waals surface area contributed by atoms with E-state index in [0.717, 1.165) is 25.8 Å². The molecule has 0 bridgehead atoms. The molecule has 0 aliphatic heterocycles. The minimum Gasteiger partial charge on any atom is -0.309 e. The van der Waals surface area contributed by atoms with Gasteiger partial charge < -0.3 is 9.79 Å². The summed E-state index contributed by atoms with van der Waals surface area (Å²) in [4.78, 5) is 23.9. The van der Waals surface area contributed by atoms with Gasteiger partial charge >= 0.3 is 7.82 Å². The van der Waals surface area contributed by atoms with E-state index in [0.29, 0.717) is 19.3 Å². The van der Waals surface area contributed by atoms with Gasteiger partial charge in [-0.25, -0.2) is 4.57 Å². The van der Waals surface area contributed by atoms with Crippen LogP contribution in [-0.4, -0.2) is 49.4 Å². The lowest BCUT2D eigenvalue weighted by atomic mass is 9.95. The molecule has 0 saturated carbocycles. The normalized spacial score (nSPS) is 14.3. The van der Waals surface area contributed by atoms with Crippen LogP contribution in [0.1, 0.15) is 142 Å². The minimum absolute atomic E-state index is 0.0186. The monoisotopic (exact) mass is 533 g/mol. The minimum atomic E-state index is -4.06. The number of rotatable bonds is 28. The number of carbonyl (C=O) groups excluding carboxylic acids is 1. The van der Waals surface area contributed by atoms with Crippen molar-refractivity contribution < 1.29 is 23.3 Å². The molecular weight excluding hydrogens is 473 g/mol. The van der Waals surface area contributed by atoms with Gasteiger partial charge in [0, 0.05) is 12.8 Å². The van der Waals surface area contributed by atoms with Crippen molar-refractivity contribution in [3.05, 3.63) is 0 Å². The van der Waals surface area contributed by atoms with Crippen LogP contribution >= 0.6 is 7.82 Å². The third-order valence-electron chi connectivity index (χ3n) is 6.85. The topological polar surface area (TPSA) is 76.1 Å². The zero-order valence-electron chi connectivity index (χ0n) is 24.3. The molecule has 0 aliphatic carbocycles. The Labute approximate surface area is 223 Å². The van der Waals surface area contributed by atoms with Crippen LogP contribution in [-0.2, 0) is 18.4 Å². The molecule has 0 aromatic carbocycles. The Morgan fingerprint density at radius 1 is 0.750 bits per heavy atom. The SMILES string of the molecule is CCCCCCCCCCCCCCCCCCC(COP(=O)(O)OCCCN(C)C)CC(=O)CC. The summed E-state index contributed by atoms with van der Waals surface area (Å²) in [5, 5.41) is 0. The molecule has 0 amide bonds. The average molecular weight is 534 g/mol. The maximum absolute atomic E-state index is 12.2. The summed E-state index contributed by atoms with van der Waals surface area (Å²) < 4.78 is 22.5. The van der Waals surface area contributed by atoms with E-state index in [1.54, 1.807) is 0 Å². The number of Topliss-reactive ketones (excluding diaryl/α,β-unsaturated/α-hetero) is 1. The van der Waals surface area contributed by atoms with Gasteiger partial charge in [0.15, 0.2) is 0 Å². The molecule has 0 radical (unpaired) electrons. The van der Waals surface area contributed by atoms with E-state index in [9.17, 15) is 14.3 Å². The maximum Gasteiger partial charge on any atom is 0.472 e. The number of unbranched alkanes of at least 4 members (excludes halogenated alkanes) is 15. The van der Waals surface area contributed by atoms with Gasteiger partial charge in [0.05, 0.1) is 13.2 Å². The van der Waals surface area contributed by atoms with E-state index in [1.807, 2.05) is 25.9 Å². The van der Waals surface area contributed by atoms with Crippen molar-refractivity contribution in [3.63, 3.8) is 0 Å². The first-order valence-corrected chi connectivity index (χ1v) is 16.6. The van der Waals surface area contributed by atoms with Gasteiger partial charge in [-0.2, -0.15) is 0 Å². The Morgan fingerprint density at radius 3 is 1.67 bits per heavy atom. The average Bonchev–Trinajstić information content (AvgIpc) is 2.84. The molecule has 7 heteroatoms. The molecule has 36 heavy (non-hydrogen) atoms. The summed E-state index contributed by atoms with van der Waals surface area (Å²) in [7, 11) is -0.169. The maximum atomic E-state index is 12.2. The molecule has 2 atom stereocenters. The highest BCUT2D eigenvalue weighted by Gasteiger charge is 2.24. The third kappa shape index (κ3) is 25.4. The van der Waals surface area contributed by atoms with Gasteiger partial charge in [-0.05, 0) is 39.4 Å². The summed E-state index contributed by atoms with van der Waals surface area (Å²) >= 11 is 0. The first-order chi connectivity index (χ1) is 17.3. The van der Waals surface area contributed by atoms with Gasteiger partial charge in [0.2, 0.25) is 0 Å². The summed E-state index contributed by atoms with van der Waals surface area (Å²) in [6.07, 6.45) is 23.7. The molecule has 0 fully saturated rings. The van der Waals surface area contributed by atoms with E-state index in [1.165, 1.54) is 89.9 Å². The van der Waals surface area contributed by atoms with Crippen LogP contribution in [0.15, 0.2) is 0 Å². The fraction of sp³-hybridized carbons (Fsp3) is 0.966. The van der Waals surface area contributed by atoms with Gasteiger partial charge in [0.25, 0.3) is 0 Å². The van der Waals surface area contributed by atoms with Gasteiger partial charge in [-0.1, -0.05) is 117 Å². The number of phosphoric acid groups is 1. The molecule has 0 spiro atoms. The molecule has 0 rings (SSSR count). The third-order valence-corrected chi connectivity index (χ3v) is 7.84. The predicted molar refractivity (Wildman–Crippen MR) is 152 cm³/mol. The van der Waals surface area contributed by atoms with Crippen molar-refractivity contribution >= 4 is 13.6 Å². The molecular formula is C29H60NO5P. The summed E-state index contributed by atoms with van der Waals surface area (Å²) in [6, 6.07) is 0. The van der Waals surface area contributed by atoms with E-state index in [2.05, 4.69) is 6.92 Å². The molecule has 1 N–H and O–H groups in total. The van der Waals surface area contributed by atoms with Gasteiger partial charge in [0.1, 0.15) is 5.78 Å². The lowest BCUT2D eigenvalue weighted by Crippen LogP contribution is -2.16. The van der Waals surface area contributed by atoms with E-state index in [-0.39, 0.29) is 24.9 Å². The number of carbonyl (C=O) groups is 1. The van der Waals surface area contributed by atoms with Crippen molar-refractivity contribution in [1.29, 1.82) is 0 Å². The number of phosphoric ester groups is 1. The zero-order chi connectivity index (χ0) is 26.9. The van der Waals surface area contributed by atoms with Crippen LogP contribution in [0.5, 0.6) is 0 Å². The van der Waals surface area contributed by atoms with Crippen molar-refractivity contribution in [2.75, 3.05) is 33.9 Å². The number of ketones is 1. The number of hydrogen-bond acceptors (Lipinski definition) is 5. The van der Waals surface area contributed by atoms with Crippen LogP contribution in [0.25, 0.3) is 0 Å². The number of nitrogens with zero attached hydrogens (tertiary/aromatic N) is 1. The molecule has 2 unspecified atom stereocenters. The van der Waals surface area contributed by atoms with Crippen molar-refractivity contribution in [2.45, 2.75) is 142 Å². The second-order valence-corrected chi connectivity index (χ2v) is 12.3. The Morgan fingerprint density at radius 2 is 1.22 bits per heavy atom. The van der Waals surface area contributed by atoms with Gasteiger partial charge in [-0.15, -0.1) is 0 Å². The largest absolute Gasteiger partial charge is 0.472 e. The lowest BCUT2D eigenvalue weighted by Gasteiger charge is -2.19. The quantitative estimate of drug-likeness (QED) is 0.0800. The molecule has 0 aromatic rings. The van der Waals surface area contributed by atoms with E-state index >= 15 is 0 Å². The van der Waals surface area contributed by atoms with Crippen LogP contribution in [0.3, 0.4) is 0 Å². The van der Waals surface area contributed by atoms with Crippen LogP contribution in [0.4, 0.5) is 0 Å². The molecule has 0 aromatic heterocycles. The second-order valence-electron chi connectivity index (χ2n) is 10.8.